The number of hydrogen-bond donors (Lipinski definition) is 2. The molecule has 1 unspecified atom stereocenters. The largest absolute Gasteiger partial charge is 0.397 e. The van der Waals surface area contributed by atoms with Gasteiger partial charge in [0.05, 0.1) is 16.7 Å². The number of nitro groups is 1. The van der Waals surface area contributed by atoms with Crippen molar-refractivity contribution in [3.63, 3.8) is 0 Å². The van der Waals surface area contributed by atoms with Gasteiger partial charge in [-0.3, -0.25) is 10.1 Å². The molecule has 0 saturated carbocycles. The van der Waals surface area contributed by atoms with Gasteiger partial charge in [0.15, 0.2) is 5.82 Å². The number of nitrogens with zero attached hydrogens (tertiary/aromatic N) is 1. The van der Waals surface area contributed by atoms with Crippen molar-refractivity contribution in [3.8, 4) is 0 Å². The maximum Gasteiger partial charge on any atom is 0.274 e. The lowest BCUT2D eigenvalue weighted by Gasteiger charge is -2.17. The summed E-state index contributed by atoms with van der Waals surface area (Å²) < 4.78 is 40.5. The van der Waals surface area contributed by atoms with Crippen LogP contribution in [-0.2, 0) is 10.0 Å². The Hall–Kier alpha value is -1.74. The Morgan fingerprint density at radius 3 is 2.38 bits per heavy atom. The van der Waals surface area contributed by atoms with Crippen LogP contribution in [0.25, 0.3) is 0 Å². The first-order valence-electron chi connectivity index (χ1n) is 6.30. The Morgan fingerprint density at radius 1 is 1.38 bits per heavy atom. The summed E-state index contributed by atoms with van der Waals surface area (Å²) in [4.78, 5) is 8.98. The van der Waals surface area contributed by atoms with Crippen LogP contribution in [0.3, 0.4) is 0 Å². The van der Waals surface area contributed by atoms with Crippen LogP contribution in [0.15, 0.2) is 17.0 Å². The molecule has 1 atom stereocenters. The monoisotopic (exact) mass is 319 g/mol. The maximum absolute atomic E-state index is 13.9. The molecule has 3 N–H and O–H groups in total. The molecule has 1 aromatic rings. The minimum Gasteiger partial charge on any atom is -0.397 e. The van der Waals surface area contributed by atoms with Crippen molar-refractivity contribution in [2.75, 3.05) is 5.73 Å². The fraction of sp³-hybridized carbons (Fsp3) is 0.500. The van der Waals surface area contributed by atoms with Crippen LogP contribution in [-0.4, -0.2) is 19.4 Å². The molecule has 0 aromatic heterocycles. The van der Waals surface area contributed by atoms with Gasteiger partial charge in [-0.15, -0.1) is 0 Å². The first-order valence-corrected chi connectivity index (χ1v) is 7.78. The Bertz CT molecular complexity index is 623. The highest BCUT2D eigenvalue weighted by molar-refractivity contribution is 7.89. The van der Waals surface area contributed by atoms with Crippen molar-refractivity contribution >= 4 is 21.4 Å². The fourth-order valence-electron chi connectivity index (χ4n) is 2.07. The van der Waals surface area contributed by atoms with Gasteiger partial charge in [-0.1, -0.05) is 13.8 Å². The lowest BCUT2D eigenvalue weighted by molar-refractivity contribution is -0.385. The van der Waals surface area contributed by atoms with E-state index >= 15 is 0 Å². The van der Waals surface area contributed by atoms with Crippen molar-refractivity contribution in [2.24, 2.45) is 5.92 Å². The van der Waals surface area contributed by atoms with E-state index in [-0.39, 0.29) is 5.92 Å². The average Bonchev–Trinajstić information content (AvgIpc) is 2.24. The highest BCUT2D eigenvalue weighted by atomic mass is 32.2. The van der Waals surface area contributed by atoms with E-state index in [2.05, 4.69) is 4.72 Å². The molecule has 1 aromatic carbocycles. The zero-order valence-corrected chi connectivity index (χ0v) is 12.8. The summed E-state index contributed by atoms with van der Waals surface area (Å²) >= 11 is 0. The molecule has 118 valence electrons. The van der Waals surface area contributed by atoms with Gasteiger partial charge < -0.3 is 5.73 Å². The van der Waals surface area contributed by atoms with E-state index in [0.29, 0.717) is 12.5 Å². The first-order chi connectivity index (χ1) is 9.54. The molecule has 0 aliphatic heterocycles. The van der Waals surface area contributed by atoms with Crippen molar-refractivity contribution in [1.29, 1.82) is 0 Å². The molecule has 0 spiro atoms. The number of sulfonamides is 1. The lowest BCUT2D eigenvalue weighted by atomic mass is 10.1. The highest BCUT2D eigenvalue weighted by Gasteiger charge is 2.27. The van der Waals surface area contributed by atoms with Gasteiger partial charge in [-0.2, -0.15) is 0 Å². The number of benzene rings is 1. The quantitative estimate of drug-likeness (QED) is 0.473. The molecule has 7 nitrogen and oxygen atoms in total. The predicted octanol–water partition coefficient (Wildman–Crippen LogP) is 2.03. The number of halogens is 1. The van der Waals surface area contributed by atoms with Crippen LogP contribution in [0, 0.1) is 21.8 Å². The molecule has 0 heterocycles. The molecule has 1 rings (SSSR count). The molecule has 21 heavy (non-hydrogen) atoms. The standard InChI is InChI=1S/C12H18FN3O4S/c1-7(2)4-8(3)15-21(19,20)12-10(13)5-9(16(17)18)6-11(12)14/h5-8,15H,4,14H2,1-3H3. The smallest absolute Gasteiger partial charge is 0.274 e. The molecule has 0 aliphatic rings. The number of hydrogen-bond acceptors (Lipinski definition) is 5. The van der Waals surface area contributed by atoms with E-state index in [1.54, 1.807) is 6.92 Å². The van der Waals surface area contributed by atoms with Crippen molar-refractivity contribution in [2.45, 2.75) is 38.1 Å². The minimum atomic E-state index is -4.18. The number of nitrogens with one attached hydrogen (secondary N) is 1. The molecular formula is C12H18FN3O4S. The summed E-state index contributed by atoms with van der Waals surface area (Å²) in [7, 11) is -4.18. The van der Waals surface area contributed by atoms with Crippen LogP contribution in [0.2, 0.25) is 0 Å². The summed E-state index contributed by atoms with van der Waals surface area (Å²) in [6, 6.07) is 0.951. The average molecular weight is 319 g/mol. The number of non-ortho nitro benzene ring substituents is 1. The van der Waals surface area contributed by atoms with Gasteiger partial charge in [-0.25, -0.2) is 17.5 Å². The number of nitrogens with two attached hydrogens (primary N) is 1. The second-order valence-corrected chi connectivity index (χ2v) is 6.91. The van der Waals surface area contributed by atoms with Crippen LogP contribution in [0.4, 0.5) is 15.8 Å². The molecular weight excluding hydrogens is 301 g/mol. The topological polar surface area (TPSA) is 115 Å². The Balaban J connectivity index is 3.17. The SMILES string of the molecule is CC(C)CC(C)NS(=O)(=O)c1c(N)cc([N+](=O)[O-])cc1F. The van der Waals surface area contributed by atoms with E-state index < -0.39 is 43.1 Å². The molecule has 9 heteroatoms. The van der Waals surface area contributed by atoms with Gasteiger partial charge in [-0.05, 0) is 19.3 Å². The molecule has 0 aliphatic carbocycles. The maximum atomic E-state index is 13.9. The molecule has 0 saturated heterocycles. The van der Waals surface area contributed by atoms with Gasteiger partial charge in [0, 0.05) is 12.1 Å². The van der Waals surface area contributed by atoms with E-state index in [4.69, 9.17) is 5.73 Å². The highest BCUT2D eigenvalue weighted by Crippen LogP contribution is 2.27. The van der Waals surface area contributed by atoms with Crippen LogP contribution in [0.5, 0.6) is 0 Å². The van der Waals surface area contributed by atoms with E-state index in [0.717, 1.165) is 6.07 Å². The van der Waals surface area contributed by atoms with Gasteiger partial charge in [0.2, 0.25) is 10.0 Å². The van der Waals surface area contributed by atoms with Gasteiger partial charge >= 0.3 is 0 Å². The second-order valence-electron chi connectivity index (χ2n) is 5.25. The summed E-state index contributed by atoms with van der Waals surface area (Å²) in [5, 5.41) is 10.6. The van der Waals surface area contributed by atoms with Crippen LogP contribution >= 0.6 is 0 Å². The summed E-state index contributed by atoms with van der Waals surface area (Å²) in [6.45, 7) is 5.49. The third kappa shape index (κ3) is 4.36. The van der Waals surface area contributed by atoms with Crippen LogP contribution < -0.4 is 10.5 Å². The summed E-state index contributed by atoms with van der Waals surface area (Å²) in [6.07, 6.45) is 0.563. The minimum absolute atomic E-state index is 0.252. The molecule has 0 radical (unpaired) electrons. The summed E-state index contributed by atoms with van der Waals surface area (Å²) in [5.74, 6) is -0.993. The third-order valence-electron chi connectivity index (χ3n) is 2.72. The number of nitrogen functional groups attached to an aromatic ring is 1. The molecule has 0 fully saturated rings. The summed E-state index contributed by atoms with van der Waals surface area (Å²) in [5.41, 5.74) is 4.37. The van der Waals surface area contributed by atoms with E-state index in [1.165, 1.54) is 0 Å². The Kier molecular flexibility index (Phi) is 5.24. The number of nitro benzene ring substituents is 1. The molecule has 0 amide bonds. The zero-order valence-electron chi connectivity index (χ0n) is 12.0. The van der Waals surface area contributed by atoms with Gasteiger partial charge in [0.1, 0.15) is 4.90 Å². The fourth-order valence-corrected chi connectivity index (χ4v) is 3.50. The first kappa shape index (κ1) is 17.3. The predicted molar refractivity (Wildman–Crippen MR) is 76.7 cm³/mol. The number of rotatable bonds is 6. The second kappa shape index (κ2) is 6.35. The third-order valence-corrected chi connectivity index (χ3v) is 4.40. The number of anilines is 1. The van der Waals surface area contributed by atoms with Crippen molar-refractivity contribution in [1.82, 2.24) is 4.72 Å². The Labute approximate surface area is 122 Å². The van der Waals surface area contributed by atoms with E-state index in [9.17, 15) is 22.9 Å². The van der Waals surface area contributed by atoms with E-state index in [1.807, 2.05) is 13.8 Å². The van der Waals surface area contributed by atoms with Crippen molar-refractivity contribution in [3.05, 3.63) is 28.1 Å². The van der Waals surface area contributed by atoms with Crippen LogP contribution in [0.1, 0.15) is 27.2 Å². The Morgan fingerprint density at radius 2 is 1.95 bits per heavy atom. The van der Waals surface area contributed by atoms with Crippen molar-refractivity contribution < 1.29 is 17.7 Å². The normalized spacial score (nSPS) is 13.4. The molecule has 0 bridgehead atoms. The lowest BCUT2D eigenvalue weighted by Crippen LogP contribution is -2.34. The zero-order chi connectivity index (χ0) is 16.4. The van der Waals surface area contributed by atoms with Gasteiger partial charge in [0.25, 0.3) is 5.69 Å².